The average molecular weight is 248 g/mol. The first kappa shape index (κ1) is 9.22. The molecule has 1 aromatic heterocycles. The van der Waals surface area contributed by atoms with Crippen LogP contribution in [0.4, 0.5) is 0 Å². The molecule has 0 spiro atoms. The molecule has 1 unspecified atom stereocenters. The molecule has 0 aliphatic rings. The molecule has 3 nitrogen and oxygen atoms in total. The summed E-state index contributed by atoms with van der Waals surface area (Å²) in [4.78, 5) is 15.1. The normalized spacial score (nSPS) is 10.4. The van der Waals surface area contributed by atoms with Crippen LogP contribution in [-0.2, 0) is 0 Å². The number of fused-ring (bicyclic) bond motifs is 1. The first-order chi connectivity index (χ1) is 6.68. The maximum absolute atomic E-state index is 10.9. The van der Waals surface area contributed by atoms with E-state index in [-0.39, 0.29) is 0 Å². The van der Waals surface area contributed by atoms with E-state index in [0.29, 0.717) is 5.56 Å². The Bertz CT molecular complexity index is 510. The van der Waals surface area contributed by atoms with Crippen LogP contribution in [0.3, 0.4) is 0 Å². The second kappa shape index (κ2) is 3.43. The van der Waals surface area contributed by atoms with Gasteiger partial charge in [-0.1, -0.05) is 0 Å². The van der Waals surface area contributed by atoms with Gasteiger partial charge >= 0.3 is 89.6 Å². The van der Waals surface area contributed by atoms with Crippen molar-refractivity contribution >= 4 is 38.0 Å². The number of nitrogens with two attached hydrogens (primary N) is 1. The predicted molar refractivity (Wildman–Crippen MR) is 58.4 cm³/mol. The van der Waals surface area contributed by atoms with Crippen molar-refractivity contribution in [3.05, 3.63) is 36.0 Å². The molecule has 1 atom stereocenters. The van der Waals surface area contributed by atoms with Crippen LogP contribution in [0.1, 0.15) is 10.4 Å². The van der Waals surface area contributed by atoms with Gasteiger partial charge in [0.25, 0.3) is 0 Å². The van der Waals surface area contributed by atoms with Crippen molar-refractivity contribution in [1.82, 2.24) is 4.98 Å². The number of carbonyl (C=O) groups is 1. The Morgan fingerprint density at radius 2 is 2.14 bits per heavy atom. The molecular formula is C10H9AsN2O. The quantitative estimate of drug-likeness (QED) is 0.698. The van der Waals surface area contributed by atoms with Crippen molar-refractivity contribution in [2.24, 2.45) is 5.73 Å². The van der Waals surface area contributed by atoms with Gasteiger partial charge in [-0.3, -0.25) is 0 Å². The molecular weight excluding hydrogens is 239 g/mol. The van der Waals surface area contributed by atoms with Crippen molar-refractivity contribution < 1.29 is 4.79 Å². The fourth-order valence-electron chi connectivity index (χ4n) is 1.35. The van der Waals surface area contributed by atoms with Gasteiger partial charge in [-0.05, 0) is 0 Å². The van der Waals surface area contributed by atoms with Gasteiger partial charge in [0.15, 0.2) is 0 Å². The van der Waals surface area contributed by atoms with Gasteiger partial charge < -0.3 is 0 Å². The molecule has 0 fully saturated rings. The SMILES string of the molecule is NC(=O)c1ccc2c([AsH2])nccc2c1. The second-order valence-corrected chi connectivity index (χ2v) is 4.14. The zero-order chi connectivity index (χ0) is 10.1. The number of hydrogen-bond donors (Lipinski definition) is 1. The van der Waals surface area contributed by atoms with Crippen LogP contribution in [-0.4, -0.2) is 27.7 Å². The molecule has 2 rings (SSSR count). The van der Waals surface area contributed by atoms with Crippen LogP contribution in [0.2, 0.25) is 0 Å². The van der Waals surface area contributed by atoms with Crippen LogP contribution in [0, 0.1) is 0 Å². The number of hydrogen-bond acceptors (Lipinski definition) is 2. The predicted octanol–water partition coefficient (Wildman–Crippen LogP) is -0.408. The number of carbonyl (C=O) groups excluding carboxylic acids is 1. The van der Waals surface area contributed by atoms with Crippen LogP contribution in [0.25, 0.3) is 10.8 Å². The van der Waals surface area contributed by atoms with E-state index in [1.54, 1.807) is 18.3 Å². The zero-order valence-corrected chi connectivity index (χ0v) is 9.82. The summed E-state index contributed by atoms with van der Waals surface area (Å²) in [5.41, 5.74) is 5.73. The number of benzene rings is 1. The minimum absolute atomic E-state index is 0.396. The van der Waals surface area contributed by atoms with E-state index in [2.05, 4.69) is 4.98 Å². The van der Waals surface area contributed by atoms with Crippen LogP contribution in [0.15, 0.2) is 30.5 Å². The standard InChI is InChI=1S/C10H9AsN2O/c11-9-8-2-1-7(10(12)14)5-6(8)3-4-13-9/h1-5H,11H2,(H2,12,14). The van der Waals surface area contributed by atoms with E-state index >= 15 is 0 Å². The van der Waals surface area contributed by atoms with E-state index < -0.39 is 5.91 Å². The Hall–Kier alpha value is -1.34. The monoisotopic (exact) mass is 248 g/mol. The minimum atomic E-state index is -0.396. The molecule has 1 heterocycles. The Kier molecular flexibility index (Phi) is 2.26. The molecule has 1 aromatic carbocycles. The Morgan fingerprint density at radius 1 is 1.36 bits per heavy atom. The van der Waals surface area contributed by atoms with Gasteiger partial charge in [0.1, 0.15) is 0 Å². The Morgan fingerprint density at radius 3 is 2.86 bits per heavy atom. The molecule has 1 amide bonds. The third-order valence-corrected chi connectivity index (χ3v) is 3.05. The molecule has 0 bridgehead atoms. The molecule has 2 N–H and O–H groups in total. The molecule has 70 valence electrons. The van der Waals surface area contributed by atoms with Crippen molar-refractivity contribution in [3.8, 4) is 0 Å². The van der Waals surface area contributed by atoms with E-state index in [1.807, 2.05) is 12.1 Å². The number of nitrogens with zero attached hydrogens (tertiary/aromatic N) is 1. The summed E-state index contributed by atoms with van der Waals surface area (Å²) in [6.07, 6.45) is 1.74. The second-order valence-electron chi connectivity index (χ2n) is 3.00. The summed E-state index contributed by atoms with van der Waals surface area (Å²) in [6.45, 7) is 0. The van der Waals surface area contributed by atoms with Crippen molar-refractivity contribution in [1.29, 1.82) is 0 Å². The van der Waals surface area contributed by atoms with Gasteiger partial charge in [-0.2, -0.15) is 0 Å². The summed E-state index contributed by atoms with van der Waals surface area (Å²) in [6, 6.07) is 7.29. The van der Waals surface area contributed by atoms with E-state index in [1.165, 1.54) is 16.9 Å². The van der Waals surface area contributed by atoms with Crippen molar-refractivity contribution in [2.45, 2.75) is 0 Å². The molecule has 0 aliphatic carbocycles. The number of pyridine rings is 1. The topological polar surface area (TPSA) is 56.0 Å². The first-order valence-corrected chi connectivity index (χ1v) is 5.33. The van der Waals surface area contributed by atoms with Crippen molar-refractivity contribution in [3.63, 3.8) is 0 Å². The molecule has 0 radical (unpaired) electrons. The summed E-state index contributed by atoms with van der Waals surface area (Å²) in [7, 11) is 0. The average Bonchev–Trinajstić information content (AvgIpc) is 2.17. The third-order valence-electron chi connectivity index (χ3n) is 2.08. The van der Waals surface area contributed by atoms with E-state index in [4.69, 9.17) is 5.73 Å². The fourth-order valence-corrected chi connectivity index (χ4v) is 2.09. The maximum atomic E-state index is 10.9. The van der Waals surface area contributed by atoms with Crippen LogP contribution in [0.5, 0.6) is 0 Å². The number of amides is 1. The van der Waals surface area contributed by atoms with Gasteiger partial charge in [0, 0.05) is 0 Å². The van der Waals surface area contributed by atoms with Gasteiger partial charge in [0.2, 0.25) is 0 Å². The van der Waals surface area contributed by atoms with Crippen LogP contribution >= 0.6 is 0 Å². The molecule has 4 heteroatoms. The summed E-state index contributed by atoms with van der Waals surface area (Å²) < 4.78 is 1.02. The molecule has 0 aliphatic heterocycles. The Balaban J connectivity index is 2.73. The van der Waals surface area contributed by atoms with Gasteiger partial charge in [-0.25, -0.2) is 0 Å². The zero-order valence-electron chi connectivity index (χ0n) is 7.40. The Labute approximate surface area is 89.8 Å². The van der Waals surface area contributed by atoms with Crippen LogP contribution < -0.4 is 10.2 Å². The molecule has 2 aromatic rings. The fraction of sp³-hybridized carbons (Fsp3) is 0. The van der Waals surface area contributed by atoms with Crippen molar-refractivity contribution in [2.75, 3.05) is 0 Å². The number of rotatable bonds is 1. The number of primary amides is 1. The molecule has 14 heavy (non-hydrogen) atoms. The van der Waals surface area contributed by atoms with E-state index in [9.17, 15) is 4.79 Å². The number of aromatic nitrogens is 1. The summed E-state index contributed by atoms with van der Waals surface area (Å²) >= 11 is 1.47. The molecule has 0 saturated carbocycles. The summed E-state index contributed by atoms with van der Waals surface area (Å²) in [5, 5.41) is 2.09. The van der Waals surface area contributed by atoms with Gasteiger partial charge in [-0.15, -0.1) is 0 Å². The molecule has 0 saturated heterocycles. The summed E-state index contributed by atoms with van der Waals surface area (Å²) in [5.74, 6) is -0.396. The van der Waals surface area contributed by atoms with Gasteiger partial charge in [0.05, 0.1) is 0 Å². The third kappa shape index (κ3) is 1.51. The van der Waals surface area contributed by atoms with E-state index in [0.717, 1.165) is 15.3 Å². The first-order valence-electron chi connectivity index (χ1n) is 4.12.